The van der Waals surface area contributed by atoms with Crippen LogP contribution in [0.15, 0.2) is 29.2 Å². The Balaban J connectivity index is 2.04. The molecule has 1 heterocycles. The second-order valence-electron chi connectivity index (χ2n) is 6.40. The number of carbonyl (C=O) groups is 1. The zero-order valence-corrected chi connectivity index (χ0v) is 15.7. The van der Waals surface area contributed by atoms with Crippen LogP contribution < -0.4 is 0 Å². The molecule has 1 aliphatic heterocycles. The van der Waals surface area contributed by atoms with E-state index in [1.807, 2.05) is 4.90 Å². The summed E-state index contributed by atoms with van der Waals surface area (Å²) in [5, 5.41) is 0. The predicted molar refractivity (Wildman–Crippen MR) is 94.5 cm³/mol. The third-order valence-electron chi connectivity index (χ3n) is 4.70. The van der Waals surface area contributed by atoms with Gasteiger partial charge in [0.1, 0.15) is 0 Å². The van der Waals surface area contributed by atoms with E-state index in [0.29, 0.717) is 24.7 Å². The molecule has 0 spiro atoms. The maximum atomic E-state index is 12.6. The third-order valence-corrected chi connectivity index (χ3v) is 6.52. The molecule has 6 nitrogen and oxygen atoms in total. The largest absolute Gasteiger partial charge is 0.336 e. The minimum Gasteiger partial charge on any atom is -0.336 e. The van der Waals surface area contributed by atoms with Crippen LogP contribution in [0.4, 0.5) is 0 Å². The fourth-order valence-electron chi connectivity index (χ4n) is 2.79. The lowest BCUT2D eigenvalue weighted by atomic mass is 10.1. The van der Waals surface area contributed by atoms with Gasteiger partial charge >= 0.3 is 0 Å². The summed E-state index contributed by atoms with van der Waals surface area (Å²) in [4.78, 5) is 17.0. The van der Waals surface area contributed by atoms with E-state index in [0.717, 1.165) is 23.8 Å². The van der Waals surface area contributed by atoms with Crippen LogP contribution in [0.25, 0.3) is 0 Å². The molecule has 1 atom stereocenters. The van der Waals surface area contributed by atoms with Crippen LogP contribution in [0.3, 0.4) is 0 Å². The lowest BCUT2D eigenvalue weighted by Crippen LogP contribution is -2.51. The van der Waals surface area contributed by atoms with Crippen molar-refractivity contribution >= 4 is 15.9 Å². The van der Waals surface area contributed by atoms with Gasteiger partial charge in [-0.2, -0.15) is 0 Å². The lowest BCUT2D eigenvalue weighted by molar-refractivity contribution is 0.0579. The molecule has 1 aromatic rings. The first-order valence-corrected chi connectivity index (χ1v) is 9.77. The Kier molecular flexibility index (Phi) is 6.01. The Morgan fingerprint density at radius 1 is 1.12 bits per heavy atom. The zero-order valence-electron chi connectivity index (χ0n) is 14.9. The van der Waals surface area contributed by atoms with E-state index in [1.165, 1.54) is 26.2 Å². The van der Waals surface area contributed by atoms with Crippen molar-refractivity contribution in [2.45, 2.75) is 31.2 Å². The second-order valence-corrected chi connectivity index (χ2v) is 8.55. The Morgan fingerprint density at radius 2 is 1.67 bits per heavy atom. The predicted octanol–water partition coefficient (Wildman–Crippen LogP) is 1.49. The van der Waals surface area contributed by atoms with Gasteiger partial charge in [-0.15, -0.1) is 0 Å². The van der Waals surface area contributed by atoms with Gasteiger partial charge in [0.05, 0.1) is 4.90 Å². The molecule has 0 aliphatic carbocycles. The maximum absolute atomic E-state index is 12.6. The lowest BCUT2D eigenvalue weighted by Gasteiger charge is -2.37. The van der Waals surface area contributed by atoms with E-state index in [4.69, 9.17) is 0 Å². The van der Waals surface area contributed by atoms with E-state index in [9.17, 15) is 13.2 Å². The monoisotopic (exact) mass is 353 g/mol. The number of benzene rings is 1. The highest BCUT2D eigenvalue weighted by Crippen LogP contribution is 2.16. The fraction of sp³-hybridized carbons (Fsp3) is 0.588. The van der Waals surface area contributed by atoms with Gasteiger partial charge in [0.15, 0.2) is 0 Å². The molecule has 2 rings (SSSR count). The van der Waals surface area contributed by atoms with Gasteiger partial charge in [0, 0.05) is 51.9 Å². The van der Waals surface area contributed by atoms with Crippen molar-refractivity contribution in [1.29, 1.82) is 0 Å². The first kappa shape index (κ1) is 18.9. The average Bonchev–Trinajstić information content (AvgIpc) is 2.60. The highest BCUT2D eigenvalue weighted by Gasteiger charge is 2.24. The standard InChI is InChI=1S/C17H27N3O3S/c1-5-14(2)19-10-12-20(13-11-19)17(21)15-6-8-16(9-7-15)24(22,23)18(3)4/h6-9,14H,5,10-13H2,1-4H3. The third kappa shape index (κ3) is 3.96. The summed E-state index contributed by atoms with van der Waals surface area (Å²) in [5.74, 6) is -0.0346. The summed E-state index contributed by atoms with van der Waals surface area (Å²) in [6, 6.07) is 6.73. The van der Waals surface area contributed by atoms with Crippen LogP contribution >= 0.6 is 0 Å². The molecule has 1 aliphatic rings. The Bertz CT molecular complexity index is 663. The molecule has 1 aromatic carbocycles. The number of nitrogens with zero attached hydrogens (tertiary/aromatic N) is 3. The van der Waals surface area contributed by atoms with Crippen LogP contribution in [0.2, 0.25) is 0 Å². The van der Waals surface area contributed by atoms with Gasteiger partial charge in [-0.25, -0.2) is 12.7 Å². The van der Waals surface area contributed by atoms with Crippen molar-refractivity contribution in [2.75, 3.05) is 40.3 Å². The molecule has 0 radical (unpaired) electrons. The number of amides is 1. The first-order chi connectivity index (χ1) is 11.3. The minimum absolute atomic E-state index is 0.0346. The van der Waals surface area contributed by atoms with Gasteiger partial charge in [-0.1, -0.05) is 6.92 Å². The van der Waals surface area contributed by atoms with Crippen molar-refractivity contribution in [1.82, 2.24) is 14.1 Å². The van der Waals surface area contributed by atoms with Crippen LogP contribution in [-0.2, 0) is 10.0 Å². The molecule has 1 amide bonds. The normalized spacial score (nSPS) is 18.0. The molecule has 7 heteroatoms. The molecule has 1 fully saturated rings. The number of hydrogen-bond donors (Lipinski definition) is 0. The number of rotatable bonds is 5. The van der Waals surface area contributed by atoms with Crippen LogP contribution in [0.5, 0.6) is 0 Å². The van der Waals surface area contributed by atoms with E-state index in [2.05, 4.69) is 18.7 Å². The molecule has 1 unspecified atom stereocenters. The average molecular weight is 353 g/mol. The molecule has 0 bridgehead atoms. The van der Waals surface area contributed by atoms with Crippen LogP contribution in [-0.4, -0.2) is 74.7 Å². The Hall–Kier alpha value is -1.44. The van der Waals surface area contributed by atoms with Crippen molar-refractivity contribution in [2.24, 2.45) is 0 Å². The molecule has 134 valence electrons. The highest BCUT2D eigenvalue weighted by atomic mass is 32.2. The van der Waals surface area contributed by atoms with Crippen molar-refractivity contribution in [3.63, 3.8) is 0 Å². The summed E-state index contributed by atoms with van der Waals surface area (Å²) >= 11 is 0. The molecule has 0 N–H and O–H groups in total. The van der Waals surface area contributed by atoms with Crippen molar-refractivity contribution in [3.8, 4) is 0 Å². The summed E-state index contributed by atoms with van der Waals surface area (Å²) in [7, 11) is -0.480. The number of hydrogen-bond acceptors (Lipinski definition) is 4. The molecule has 1 saturated heterocycles. The first-order valence-electron chi connectivity index (χ1n) is 8.33. The Labute approximate surface area is 145 Å². The molecular formula is C17H27N3O3S. The number of carbonyl (C=O) groups excluding carboxylic acids is 1. The van der Waals surface area contributed by atoms with E-state index in [-0.39, 0.29) is 10.8 Å². The maximum Gasteiger partial charge on any atom is 0.253 e. The van der Waals surface area contributed by atoms with Crippen molar-refractivity contribution in [3.05, 3.63) is 29.8 Å². The summed E-state index contributed by atoms with van der Waals surface area (Å²) in [6.07, 6.45) is 1.11. The summed E-state index contributed by atoms with van der Waals surface area (Å²) in [6.45, 7) is 7.57. The highest BCUT2D eigenvalue weighted by molar-refractivity contribution is 7.89. The summed E-state index contributed by atoms with van der Waals surface area (Å²) in [5.41, 5.74) is 0.532. The van der Waals surface area contributed by atoms with Crippen molar-refractivity contribution < 1.29 is 13.2 Å². The quantitative estimate of drug-likeness (QED) is 0.805. The topological polar surface area (TPSA) is 60.9 Å². The smallest absolute Gasteiger partial charge is 0.253 e. The molecule has 24 heavy (non-hydrogen) atoms. The van der Waals surface area contributed by atoms with Gasteiger partial charge in [-0.05, 0) is 37.6 Å². The number of sulfonamides is 1. The number of piperazine rings is 1. The summed E-state index contributed by atoms with van der Waals surface area (Å²) < 4.78 is 25.3. The van der Waals surface area contributed by atoms with Crippen LogP contribution in [0.1, 0.15) is 30.6 Å². The minimum atomic E-state index is -3.46. The van der Waals surface area contributed by atoms with Gasteiger partial charge in [0.2, 0.25) is 10.0 Å². The van der Waals surface area contributed by atoms with Crippen LogP contribution in [0, 0.1) is 0 Å². The van der Waals surface area contributed by atoms with E-state index in [1.54, 1.807) is 12.1 Å². The van der Waals surface area contributed by atoms with E-state index >= 15 is 0 Å². The van der Waals surface area contributed by atoms with Gasteiger partial charge in [0.25, 0.3) is 5.91 Å². The van der Waals surface area contributed by atoms with Gasteiger partial charge < -0.3 is 4.90 Å². The molecule has 0 aromatic heterocycles. The molecular weight excluding hydrogens is 326 g/mol. The molecule has 0 saturated carbocycles. The fourth-order valence-corrected chi connectivity index (χ4v) is 3.69. The van der Waals surface area contributed by atoms with Gasteiger partial charge in [-0.3, -0.25) is 9.69 Å². The Morgan fingerprint density at radius 3 is 2.12 bits per heavy atom. The van der Waals surface area contributed by atoms with E-state index < -0.39 is 10.0 Å². The SMILES string of the molecule is CCC(C)N1CCN(C(=O)c2ccc(S(=O)(=O)N(C)C)cc2)CC1. The second kappa shape index (κ2) is 7.63. The zero-order chi connectivity index (χ0) is 17.9.